The van der Waals surface area contributed by atoms with E-state index in [0.717, 1.165) is 30.6 Å². The lowest BCUT2D eigenvalue weighted by Crippen LogP contribution is -2.40. The summed E-state index contributed by atoms with van der Waals surface area (Å²) in [6, 6.07) is 6.18. The molecule has 1 aromatic carbocycles. The number of benzene rings is 1. The van der Waals surface area contributed by atoms with Crippen LogP contribution in [0.5, 0.6) is 0 Å². The van der Waals surface area contributed by atoms with Crippen molar-refractivity contribution in [3.05, 3.63) is 28.3 Å². The van der Waals surface area contributed by atoms with Crippen LogP contribution in [0.4, 0.5) is 5.69 Å². The predicted molar refractivity (Wildman–Crippen MR) is 86.8 cm³/mol. The van der Waals surface area contributed by atoms with Crippen molar-refractivity contribution in [3.8, 4) is 6.07 Å². The lowest BCUT2D eigenvalue weighted by Gasteiger charge is -2.34. The van der Waals surface area contributed by atoms with Crippen LogP contribution in [-0.4, -0.2) is 23.3 Å². The van der Waals surface area contributed by atoms with Gasteiger partial charge < -0.3 is 10.0 Å². The first-order valence-electron chi connectivity index (χ1n) is 7.51. The van der Waals surface area contributed by atoms with Crippen LogP contribution in [0.1, 0.15) is 45.2 Å². The molecule has 1 aliphatic heterocycles. The molecule has 1 heterocycles. The van der Waals surface area contributed by atoms with Gasteiger partial charge in [-0.3, -0.25) is 0 Å². The third kappa shape index (κ3) is 2.88. The highest BCUT2D eigenvalue weighted by Crippen LogP contribution is 2.39. The Balaban J connectivity index is 2.40. The van der Waals surface area contributed by atoms with E-state index >= 15 is 0 Å². The number of anilines is 1. The highest BCUT2D eigenvalue weighted by Gasteiger charge is 2.40. The molecule has 0 radical (unpaired) electrons. The van der Waals surface area contributed by atoms with Gasteiger partial charge in [-0.25, -0.2) is 0 Å². The molecule has 0 amide bonds. The van der Waals surface area contributed by atoms with Crippen molar-refractivity contribution in [2.24, 2.45) is 5.92 Å². The van der Waals surface area contributed by atoms with E-state index < -0.39 is 5.60 Å². The summed E-state index contributed by atoms with van der Waals surface area (Å²) in [6.07, 6.45) is 1.76. The largest absolute Gasteiger partial charge is 0.390 e. The molecule has 0 aromatic heterocycles. The van der Waals surface area contributed by atoms with E-state index in [-0.39, 0.29) is 12.0 Å². The average molecular weight is 307 g/mol. The Labute approximate surface area is 132 Å². The molecule has 0 saturated carbocycles. The second kappa shape index (κ2) is 5.87. The number of hydrogen-bond acceptors (Lipinski definition) is 3. The summed E-state index contributed by atoms with van der Waals surface area (Å²) in [5, 5.41) is 20.0. The van der Waals surface area contributed by atoms with E-state index in [2.05, 4.69) is 24.8 Å². The third-order valence-electron chi connectivity index (χ3n) is 4.66. The van der Waals surface area contributed by atoms with E-state index in [1.807, 2.05) is 19.9 Å². The van der Waals surface area contributed by atoms with Crippen LogP contribution >= 0.6 is 11.6 Å². The van der Waals surface area contributed by atoms with E-state index in [1.54, 1.807) is 6.07 Å². The molecule has 114 valence electrons. The van der Waals surface area contributed by atoms with E-state index in [0.29, 0.717) is 10.6 Å². The van der Waals surface area contributed by atoms with Gasteiger partial charge in [0.05, 0.1) is 16.2 Å². The molecule has 3 nitrogen and oxygen atoms in total. The molecule has 4 heteroatoms. The maximum absolute atomic E-state index is 10.3. The van der Waals surface area contributed by atoms with Crippen molar-refractivity contribution >= 4 is 17.3 Å². The standard InChI is InChI=1S/C17H23ClN2O/c1-5-13-15(7-6-12(10-19)16(13)18)20-9-8-14(11(20)2)17(3,4)21/h6-7,11,14,21H,5,8-9H2,1-4H3/t11-,14-/m0/s1. The van der Waals surface area contributed by atoms with Gasteiger partial charge in [0.25, 0.3) is 0 Å². The Kier molecular flexibility index (Phi) is 4.51. The fourth-order valence-corrected chi connectivity index (χ4v) is 3.86. The first-order valence-corrected chi connectivity index (χ1v) is 7.89. The van der Waals surface area contributed by atoms with Crippen LogP contribution in [-0.2, 0) is 6.42 Å². The van der Waals surface area contributed by atoms with Gasteiger partial charge in [0.2, 0.25) is 0 Å². The van der Waals surface area contributed by atoms with Gasteiger partial charge in [-0.15, -0.1) is 0 Å². The summed E-state index contributed by atoms with van der Waals surface area (Å²) in [5.74, 6) is 0.233. The Morgan fingerprint density at radius 3 is 2.62 bits per heavy atom. The molecule has 1 aliphatic rings. The number of nitriles is 1. The zero-order valence-electron chi connectivity index (χ0n) is 13.2. The fraction of sp³-hybridized carbons (Fsp3) is 0.588. The highest BCUT2D eigenvalue weighted by atomic mass is 35.5. The molecule has 0 spiro atoms. The summed E-state index contributed by atoms with van der Waals surface area (Å²) in [7, 11) is 0. The normalized spacial score (nSPS) is 22.4. The average Bonchev–Trinajstić information content (AvgIpc) is 2.80. The van der Waals surface area contributed by atoms with E-state index in [4.69, 9.17) is 16.9 Å². The van der Waals surface area contributed by atoms with E-state index in [1.165, 1.54) is 0 Å². The van der Waals surface area contributed by atoms with Gasteiger partial charge in [0, 0.05) is 24.2 Å². The highest BCUT2D eigenvalue weighted by molar-refractivity contribution is 6.33. The minimum absolute atomic E-state index is 0.233. The summed E-state index contributed by atoms with van der Waals surface area (Å²) in [6.45, 7) is 8.88. The molecular formula is C17H23ClN2O. The minimum Gasteiger partial charge on any atom is -0.390 e. The SMILES string of the molecule is CCc1c(N2CC[C@H](C(C)(C)O)[C@@H]2C)ccc(C#N)c1Cl. The summed E-state index contributed by atoms with van der Waals surface area (Å²) in [5.41, 5.74) is 1.97. The maximum Gasteiger partial charge on any atom is 0.101 e. The number of aliphatic hydroxyl groups is 1. The van der Waals surface area contributed by atoms with Crippen molar-refractivity contribution in [1.29, 1.82) is 5.26 Å². The second-order valence-corrected chi connectivity index (χ2v) is 6.75. The topological polar surface area (TPSA) is 47.3 Å². The summed E-state index contributed by atoms with van der Waals surface area (Å²) < 4.78 is 0. The number of nitrogens with zero attached hydrogens (tertiary/aromatic N) is 2. The van der Waals surface area contributed by atoms with Gasteiger partial charge in [-0.2, -0.15) is 5.26 Å². The maximum atomic E-state index is 10.3. The molecule has 1 aromatic rings. The number of rotatable bonds is 3. The first kappa shape index (κ1) is 16.1. The molecule has 2 rings (SSSR count). The molecule has 0 aliphatic carbocycles. The monoisotopic (exact) mass is 306 g/mol. The summed E-state index contributed by atoms with van der Waals surface area (Å²) in [4.78, 5) is 2.31. The lowest BCUT2D eigenvalue weighted by molar-refractivity contribution is 0.0156. The zero-order chi connectivity index (χ0) is 15.8. The first-order chi connectivity index (χ1) is 9.81. The molecule has 1 fully saturated rings. The van der Waals surface area contributed by atoms with Gasteiger partial charge in [-0.05, 0) is 51.3 Å². The molecule has 0 bridgehead atoms. The predicted octanol–water partition coefficient (Wildman–Crippen LogP) is 3.76. The fourth-order valence-electron chi connectivity index (χ4n) is 3.53. The number of hydrogen-bond donors (Lipinski definition) is 1. The summed E-state index contributed by atoms with van der Waals surface area (Å²) >= 11 is 6.37. The van der Waals surface area contributed by atoms with Crippen molar-refractivity contribution in [1.82, 2.24) is 0 Å². The minimum atomic E-state index is -0.684. The zero-order valence-corrected chi connectivity index (χ0v) is 13.9. The van der Waals surface area contributed by atoms with Crippen molar-refractivity contribution in [2.75, 3.05) is 11.4 Å². The molecule has 21 heavy (non-hydrogen) atoms. The van der Waals surface area contributed by atoms with Gasteiger partial charge in [0.15, 0.2) is 0 Å². The van der Waals surface area contributed by atoms with Gasteiger partial charge in [0.1, 0.15) is 6.07 Å². The van der Waals surface area contributed by atoms with Crippen LogP contribution in [0, 0.1) is 17.2 Å². The smallest absolute Gasteiger partial charge is 0.101 e. The van der Waals surface area contributed by atoms with Crippen LogP contribution in [0.25, 0.3) is 0 Å². The van der Waals surface area contributed by atoms with Crippen molar-refractivity contribution in [2.45, 2.75) is 52.2 Å². The van der Waals surface area contributed by atoms with Crippen LogP contribution < -0.4 is 4.90 Å². The van der Waals surface area contributed by atoms with Gasteiger partial charge in [-0.1, -0.05) is 18.5 Å². The molecule has 0 unspecified atom stereocenters. The Hall–Kier alpha value is -1.24. The van der Waals surface area contributed by atoms with Crippen LogP contribution in [0.15, 0.2) is 12.1 Å². The Bertz CT molecular complexity index is 571. The van der Waals surface area contributed by atoms with Crippen molar-refractivity contribution < 1.29 is 5.11 Å². The molecule has 1 N–H and O–H groups in total. The third-order valence-corrected chi connectivity index (χ3v) is 5.10. The van der Waals surface area contributed by atoms with E-state index in [9.17, 15) is 5.11 Å². The van der Waals surface area contributed by atoms with Crippen LogP contribution in [0.2, 0.25) is 5.02 Å². The van der Waals surface area contributed by atoms with Crippen molar-refractivity contribution in [3.63, 3.8) is 0 Å². The number of halogens is 1. The Morgan fingerprint density at radius 1 is 1.48 bits per heavy atom. The molecule has 2 atom stereocenters. The Morgan fingerprint density at radius 2 is 2.14 bits per heavy atom. The quantitative estimate of drug-likeness (QED) is 0.925. The van der Waals surface area contributed by atoms with Crippen LogP contribution in [0.3, 0.4) is 0 Å². The lowest BCUT2D eigenvalue weighted by atomic mass is 9.85. The molecule has 1 saturated heterocycles. The molecular weight excluding hydrogens is 284 g/mol. The second-order valence-electron chi connectivity index (χ2n) is 6.37. The van der Waals surface area contributed by atoms with Gasteiger partial charge >= 0.3 is 0 Å².